The van der Waals surface area contributed by atoms with Crippen LogP contribution in [-0.2, 0) is 4.57 Å². The van der Waals surface area contributed by atoms with Crippen LogP contribution in [0.1, 0.15) is 6.92 Å². The fourth-order valence-corrected chi connectivity index (χ4v) is 0. The maximum Gasteiger partial charge on any atom is 0.322 e. The minimum Gasteiger partial charge on any atom is -0.394 e. The fraction of sp³-hybridized carbons (Fsp3) is 1.00. The highest BCUT2D eigenvalue weighted by Gasteiger charge is 1.95. The van der Waals surface area contributed by atoms with E-state index in [-0.39, 0.29) is 6.61 Å². The Balaban J connectivity index is 0. The van der Waals surface area contributed by atoms with Gasteiger partial charge in [0.15, 0.2) is 0 Å². The highest BCUT2D eigenvalue weighted by Crippen LogP contribution is 2.26. The van der Waals surface area contributed by atoms with Gasteiger partial charge in [0.05, 0.1) is 12.7 Å². The molecule has 0 fully saturated rings. The van der Waals surface area contributed by atoms with Crippen LogP contribution < -0.4 is 0 Å². The molecule has 0 radical (unpaired) electrons. The van der Waals surface area contributed by atoms with Crippen molar-refractivity contribution in [2.75, 3.05) is 13.3 Å². The average Bonchev–Trinajstić information content (AvgIpc) is 1.61. The summed E-state index contributed by atoms with van der Waals surface area (Å²) in [6.45, 7) is 2.24. The Kier molecular flexibility index (Phi) is 7.41. The van der Waals surface area contributed by atoms with Gasteiger partial charge in [-0.2, -0.15) is 0 Å². The third-order valence-electron chi connectivity index (χ3n) is 0.264. The monoisotopic (exact) mass is 172 g/mol. The van der Waals surface area contributed by atoms with Crippen molar-refractivity contribution in [2.24, 2.45) is 0 Å². The van der Waals surface area contributed by atoms with E-state index in [0.29, 0.717) is 0 Å². The lowest BCUT2D eigenvalue weighted by molar-refractivity contribution is 0.110. The van der Waals surface area contributed by atoms with Crippen LogP contribution in [0.5, 0.6) is 0 Å². The Morgan fingerprint density at radius 1 is 1.50 bits per heavy atom. The summed E-state index contributed by atoms with van der Waals surface area (Å²) >= 11 is 0. The normalized spacial score (nSPS) is 13.4. The molecule has 0 aliphatic rings. The second kappa shape index (κ2) is 5.82. The van der Waals surface area contributed by atoms with Gasteiger partial charge in [-0.25, -0.2) is 0 Å². The molecule has 0 amide bonds. The lowest BCUT2D eigenvalue weighted by Crippen LogP contribution is -2.03. The van der Waals surface area contributed by atoms with E-state index in [2.05, 4.69) is 0 Å². The van der Waals surface area contributed by atoms with E-state index in [0.717, 1.165) is 6.66 Å². The van der Waals surface area contributed by atoms with Crippen molar-refractivity contribution in [3.8, 4) is 0 Å². The molecule has 0 rings (SSSR count). The van der Waals surface area contributed by atoms with E-state index in [9.17, 15) is 4.57 Å². The zero-order valence-electron chi connectivity index (χ0n) is 5.93. The predicted octanol–water partition coefficient (Wildman–Crippen LogP) is -0.847. The summed E-state index contributed by atoms with van der Waals surface area (Å²) in [5, 5.41) is 16.0. The molecule has 0 aromatic carbocycles. The van der Waals surface area contributed by atoms with Crippen molar-refractivity contribution >= 4 is 7.60 Å². The first kappa shape index (κ1) is 12.7. The molecule has 10 heavy (non-hydrogen) atoms. The molecule has 0 aliphatic heterocycles. The van der Waals surface area contributed by atoms with Gasteiger partial charge in [0.1, 0.15) is 0 Å². The predicted molar refractivity (Wildman–Crippen MR) is 36.7 cm³/mol. The second-order valence-electron chi connectivity index (χ2n) is 1.87. The molecule has 0 aliphatic carbocycles. The fourth-order valence-electron chi connectivity index (χ4n) is 0. The summed E-state index contributed by atoms with van der Waals surface area (Å²) < 4.78 is 9.33. The first-order valence-corrected chi connectivity index (χ1v) is 4.65. The van der Waals surface area contributed by atoms with Gasteiger partial charge < -0.3 is 20.0 Å². The van der Waals surface area contributed by atoms with E-state index >= 15 is 0 Å². The summed E-state index contributed by atoms with van der Waals surface area (Å²) in [6, 6.07) is 0. The van der Waals surface area contributed by atoms with Crippen LogP contribution in [0.3, 0.4) is 0 Å². The van der Waals surface area contributed by atoms with E-state index in [4.69, 9.17) is 20.0 Å². The molecule has 6 heteroatoms. The summed E-state index contributed by atoms with van der Waals surface area (Å²) in [5.74, 6) is 0. The molecule has 0 bridgehead atoms. The summed E-state index contributed by atoms with van der Waals surface area (Å²) in [5.41, 5.74) is 0. The molecular weight excluding hydrogens is 159 g/mol. The Hall–Kier alpha value is 0.0700. The van der Waals surface area contributed by atoms with Crippen LogP contribution in [0.15, 0.2) is 0 Å². The molecule has 0 aromatic heterocycles. The van der Waals surface area contributed by atoms with E-state index < -0.39 is 13.7 Å². The van der Waals surface area contributed by atoms with Crippen molar-refractivity contribution in [2.45, 2.75) is 13.0 Å². The molecular formula is C4H13O5P. The van der Waals surface area contributed by atoms with Crippen molar-refractivity contribution < 1.29 is 24.6 Å². The molecule has 5 nitrogen and oxygen atoms in total. The second-order valence-corrected chi connectivity index (χ2v) is 3.54. The number of hydrogen-bond acceptors (Lipinski definition) is 3. The zero-order valence-corrected chi connectivity index (χ0v) is 6.82. The number of rotatable bonds is 1. The summed E-state index contributed by atoms with van der Waals surface area (Å²) in [4.78, 5) is 15.3. The molecule has 0 saturated carbocycles. The van der Waals surface area contributed by atoms with E-state index in [1.54, 1.807) is 0 Å². The van der Waals surface area contributed by atoms with Gasteiger partial charge in [0.25, 0.3) is 0 Å². The molecule has 1 unspecified atom stereocenters. The van der Waals surface area contributed by atoms with Crippen LogP contribution in [0, 0.1) is 0 Å². The minimum absolute atomic E-state index is 0.139. The molecule has 0 heterocycles. The number of hydrogen-bond donors (Lipinski definition) is 4. The third-order valence-corrected chi connectivity index (χ3v) is 0.264. The van der Waals surface area contributed by atoms with Gasteiger partial charge in [0, 0.05) is 6.66 Å². The van der Waals surface area contributed by atoms with Gasteiger partial charge in [0.2, 0.25) is 0 Å². The topological polar surface area (TPSA) is 98.0 Å². The van der Waals surface area contributed by atoms with Crippen molar-refractivity contribution in [1.29, 1.82) is 0 Å². The van der Waals surface area contributed by atoms with Crippen LogP contribution in [0.25, 0.3) is 0 Å². The van der Waals surface area contributed by atoms with Crippen LogP contribution in [0.4, 0.5) is 0 Å². The number of aliphatic hydroxyl groups is 2. The van der Waals surface area contributed by atoms with Gasteiger partial charge >= 0.3 is 7.60 Å². The standard InChI is InChI=1S/C3H8O2.CH5O3P/c1-3(5)2-4;1-5(2,3)4/h3-5H,2H2,1H3;1H3,(H2,2,3,4). The molecule has 64 valence electrons. The summed E-state index contributed by atoms with van der Waals surface area (Å²) in [6.07, 6.45) is -0.560. The first-order valence-electron chi connectivity index (χ1n) is 2.59. The Bertz CT molecular complexity index is 98.0. The molecule has 1 atom stereocenters. The molecule has 4 N–H and O–H groups in total. The Morgan fingerprint density at radius 2 is 1.60 bits per heavy atom. The van der Waals surface area contributed by atoms with Crippen molar-refractivity contribution in [3.05, 3.63) is 0 Å². The van der Waals surface area contributed by atoms with Crippen molar-refractivity contribution in [3.63, 3.8) is 0 Å². The van der Waals surface area contributed by atoms with Gasteiger partial charge in [-0.15, -0.1) is 0 Å². The average molecular weight is 172 g/mol. The maximum absolute atomic E-state index is 9.33. The largest absolute Gasteiger partial charge is 0.394 e. The van der Waals surface area contributed by atoms with E-state index in [1.807, 2.05) is 0 Å². The summed E-state index contributed by atoms with van der Waals surface area (Å²) in [7, 11) is -3.64. The van der Waals surface area contributed by atoms with Crippen LogP contribution in [-0.4, -0.2) is 39.4 Å². The molecule has 0 aromatic rings. The van der Waals surface area contributed by atoms with Gasteiger partial charge in [-0.3, -0.25) is 4.57 Å². The van der Waals surface area contributed by atoms with Gasteiger partial charge in [-0.1, -0.05) is 0 Å². The number of aliphatic hydroxyl groups excluding tert-OH is 2. The quantitative estimate of drug-likeness (QED) is 0.386. The first-order chi connectivity index (χ1) is 4.27. The lowest BCUT2D eigenvalue weighted by Gasteiger charge is -1.90. The lowest BCUT2D eigenvalue weighted by atomic mass is 10.5. The SMILES string of the molecule is CC(O)CO.CP(=O)(O)O. The molecule has 0 spiro atoms. The Labute approximate surface area is 59.5 Å². The molecule has 0 saturated heterocycles. The van der Waals surface area contributed by atoms with Crippen molar-refractivity contribution in [1.82, 2.24) is 0 Å². The van der Waals surface area contributed by atoms with Crippen LogP contribution >= 0.6 is 7.60 Å². The zero-order chi connectivity index (χ0) is 8.78. The van der Waals surface area contributed by atoms with Gasteiger partial charge in [-0.05, 0) is 6.92 Å². The highest BCUT2D eigenvalue weighted by molar-refractivity contribution is 7.50. The van der Waals surface area contributed by atoms with Crippen LogP contribution in [0.2, 0.25) is 0 Å². The third kappa shape index (κ3) is 94.1. The van der Waals surface area contributed by atoms with E-state index in [1.165, 1.54) is 6.92 Å². The maximum atomic E-state index is 9.33. The highest BCUT2D eigenvalue weighted by atomic mass is 31.2. The Morgan fingerprint density at radius 3 is 1.60 bits per heavy atom. The smallest absolute Gasteiger partial charge is 0.322 e. The minimum atomic E-state index is -3.64.